The Labute approximate surface area is 151 Å². The number of amides is 1. The molecule has 0 bridgehead atoms. The van der Waals surface area contributed by atoms with Crippen molar-refractivity contribution in [3.8, 4) is 0 Å². The molecule has 8 heteroatoms. The highest BCUT2D eigenvalue weighted by Gasteiger charge is 2.20. The fourth-order valence-corrected chi connectivity index (χ4v) is 2.47. The summed E-state index contributed by atoms with van der Waals surface area (Å²) in [7, 11) is 0. The molecule has 2 unspecified atom stereocenters. The lowest BCUT2D eigenvalue weighted by Gasteiger charge is -2.21. The van der Waals surface area contributed by atoms with Gasteiger partial charge in [0, 0.05) is 6.54 Å². The summed E-state index contributed by atoms with van der Waals surface area (Å²) in [6, 6.07) is 4.75. The Balaban J connectivity index is 2.00. The van der Waals surface area contributed by atoms with Crippen LogP contribution in [0, 0.1) is 6.92 Å². The molecule has 2 rings (SSSR count). The zero-order valence-electron chi connectivity index (χ0n) is 15.4. The second kappa shape index (κ2) is 7.84. The largest absolute Gasteiger partial charge is 0.444 e. The average molecular weight is 363 g/mol. The van der Waals surface area contributed by atoms with Crippen LogP contribution >= 0.6 is 0 Å². The molecule has 0 aliphatic heterocycles. The van der Waals surface area contributed by atoms with E-state index < -0.39 is 23.9 Å². The predicted molar refractivity (Wildman–Crippen MR) is 96.9 cm³/mol. The zero-order chi connectivity index (χ0) is 19.5. The van der Waals surface area contributed by atoms with E-state index in [-0.39, 0.29) is 18.5 Å². The Kier molecular flexibility index (Phi) is 5.99. The minimum atomic E-state index is -1.19. The maximum atomic E-state index is 12.0. The van der Waals surface area contributed by atoms with E-state index in [0.717, 1.165) is 0 Å². The first kappa shape index (κ1) is 19.9. The number of aromatic nitrogens is 2. The molecule has 0 aliphatic carbocycles. The number of H-pyrrole nitrogens is 1. The number of hydrogen-bond acceptors (Lipinski definition) is 6. The molecule has 142 valence electrons. The van der Waals surface area contributed by atoms with Gasteiger partial charge in [0.25, 0.3) is 5.56 Å². The van der Waals surface area contributed by atoms with Gasteiger partial charge in [0.1, 0.15) is 17.5 Å². The molecule has 0 aliphatic rings. The van der Waals surface area contributed by atoms with Gasteiger partial charge in [-0.05, 0) is 51.8 Å². The molecule has 4 N–H and O–H groups in total. The molecule has 1 heterocycles. The molecule has 1 aromatic carbocycles. The average Bonchev–Trinajstić information content (AvgIpc) is 2.52. The quantitative estimate of drug-likeness (QED) is 0.639. The Morgan fingerprint density at radius 1 is 1.35 bits per heavy atom. The van der Waals surface area contributed by atoms with Gasteiger partial charge in [-0.2, -0.15) is 0 Å². The number of fused-ring (bicyclic) bond motifs is 1. The summed E-state index contributed by atoms with van der Waals surface area (Å²) in [4.78, 5) is 30.4. The fourth-order valence-electron chi connectivity index (χ4n) is 2.47. The maximum Gasteiger partial charge on any atom is 0.407 e. The van der Waals surface area contributed by atoms with Gasteiger partial charge < -0.3 is 25.3 Å². The van der Waals surface area contributed by atoms with Crippen LogP contribution in [0.5, 0.6) is 0 Å². The van der Waals surface area contributed by atoms with Gasteiger partial charge in [0.05, 0.1) is 17.0 Å². The van der Waals surface area contributed by atoms with Gasteiger partial charge in [0.2, 0.25) is 0 Å². The summed E-state index contributed by atoms with van der Waals surface area (Å²) in [5.74, 6) is 0.504. The summed E-state index contributed by atoms with van der Waals surface area (Å²) >= 11 is 0. The molecule has 2 aromatic rings. The molecule has 1 aromatic heterocycles. The van der Waals surface area contributed by atoms with Crippen LogP contribution in [0.2, 0.25) is 0 Å². The Morgan fingerprint density at radius 3 is 2.69 bits per heavy atom. The molecule has 0 fully saturated rings. The van der Waals surface area contributed by atoms with Crippen molar-refractivity contribution in [1.29, 1.82) is 0 Å². The summed E-state index contributed by atoms with van der Waals surface area (Å²) < 4.78 is 5.10. The van der Waals surface area contributed by atoms with Crippen molar-refractivity contribution in [2.45, 2.75) is 51.9 Å². The van der Waals surface area contributed by atoms with Crippen LogP contribution in [-0.2, 0) is 4.74 Å². The van der Waals surface area contributed by atoms with Gasteiger partial charge in [-0.15, -0.1) is 0 Å². The standard InChI is InChI=1S/C18H25N3O5/c1-10-20-13-6-5-11(9-12(13)16(24)21-10)15(23)14(22)7-8-19-17(25)26-18(2,3)4/h5-6,9,14-15,22-23H,7-8H2,1-4H3,(H,19,25)(H,20,21,24). The topological polar surface area (TPSA) is 125 Å². The first-order valence-corrected chi connectivity index (χ1v) is 8.40. The molecule has 8 nitrogen and oxygen atoms in total. The number of hydrogen-bond donors (Lipinski definition) is 4. The molecule has 1 amide bonds. The highest BCUT2D eigenvalue weighted by Crippen LogP contribution is 2.21. The van der Waals surface area contributed by atoms with E-state index in [2.05, 4.69) is 15.3 Å². The van der Waals surface area contributed by atoms with Gasteiger partial charge in [-0.3, -0.25) is 4.79 Å². The highest BCUT2D eigenvalue weighted by atomic mass is 16.6. The van der Waals surface area contributed by atoms with Crippen molar-refractivity contribution in [2.75, 3.05) is 6.54 Å². The van der Waals surface area contributed by atoms with Crippen molar-refractivity contribution in [2.24, 2.45) is 0 Å². The first-order valence-electron chi connectivity index (χ1n) is 8.40. The van der Waals surface area contributed by atoms with Crippen LogP contribution in [0.1, 0.15) is 44.7 Å². The molecule has 0 saturated heterocycles. The normalized spacial score (nSPS) is 14.1. The SMILES string of the molecule is Cc1nc2ccc(C(O)C(O)CCNC(=O)OC(C)(C)C)cc2c(=O)[nH]1. The number of aryl methyl sites for hydroxylation is 1. The molecule has 26 heavy (non-hydrogen) atoms. The van der Waals surface area contributed by atoms with Crippen molar-refractivity contribution in [3.63, 3.8) is 0 Å². The van der Waals surface area contributed by atoms with E-state index in [1.807, 2.05) is 0 Å². The lowest BCUT2D eigenvalue weighted by molar-refractivity contribution is 0.0124. The van der Waals surface area contributed by atoms with E-state index in [4.69, 9.17) is 4.74 Å². The van der Waals surface area contributed by atoms with Crippen molar-refractivity contribution >= 4 is 17.0 Å². The first-order chi connectivity index (χ1) is 12.1. The third-order valence-corrected chi connectivity index (χ3v) is 3.66. The minimum Gasteiger partial charge on any atom is -0.444 e. The van der Waals surface area contributed by atoms with Crippen LogP contribution in [-0.4, -0.2) is 44.5 Å². The molecular weight excluding hydrogens is 338 g/mol. The number of nitrogens with zero attached hydrogens (tertiary/aromatic N) is 1. The maximum absolute atomic E-state index is 12.0. The summed E-state index contributed by atoms with van der Waals surface area (Å²) in [6.07, 6.45) is -2.76. The van der Waals surface area contributed by atoms with Crippen LogP contribution in [0.15, 0.2) is 23.0 Å². The number of rotatable bonds is 5. The van der Waals surface area contributed by atoms with E-state index in [9.17, 15) is 19.8 Å². The Hall–Kier alpha value is -2.45. The van der Waals surface area contributed by atoms with Gasteiger partial charge in [-0.1, -0.05) is 6.07 Å². The smallest absolute Gasteiger partial charge is 0.407 e. The van der Waals surface area contributed by atoms with Crippen molar-refractivity contribution < 1.29 is 19.7 Å². The third kappa shape index (κ3) is 5.27. The van der Waals surface area contributed by atoms with Crippen LogP contribution < -0.4 is 10.9 Å². The number of carbonyl (C=O) groups excluding carboxylic acids is 1. The number of benzene rings is 1. The van der Waals surface area contributed by atoms with E-state index in [1.165, 1.54) is 6.07 Å². The predicted octanol–water partition coefficient (Wildman–Crippen LogP) is 1.54. The molecular formula is C18H25N3O5. The van der Waals surface area contributed by atoms with Crippen LogP contribution in [0.4, 0.5) is 4.79 Å². The number of aliphatic hydroxyl groups is 2. The van der Waals surface area contributed by atoms with Gasteiger partial charge in [-0.25, -0.2) is 9.78 Å². The van der Waals surface area contributed by atoms with E-state index >= 15 is 0 Å². The number of ether oxygens (including phenoxy) is 1. The van der Waals surface area contributed by atoms with Gasteiger partial charge >= 0.3 is 6.09 Å². The number of nitrogens with one attached hydrogen (secondary N) is 2. The fraction of sp³-hybridized carbons (Fsp3) is 0.500. The second-order valence-corrected chi connectivity index (χ2v) is 7.16. The summed E-state index contributed by atoms with van der Waals surface area (Å²) in [6.45, 7) is 7.09. The van der Waals surface area contributed by atoms with Crippen molar-refractivity contribution in [3.05, 3.63) is 39.9 Å². The number of aliphatic hydroxyl groups excluding tert-OH is 2. The highest BCUT2D eigenvalue weighted by molar-refractivity contribution is 5.78. The second-order valence-electron chi connectivity index (χ2n) is 7.16. The molecule has 0 radical (unpaired) electrons. The molecule has 2 atom stereocenters. The van der Waals surface area contributed by atoms with Gasteiger partial charge in [0.15, 0.2) is 0 Å². The number of aromatic amines is 1. The number of carbonyl (C=O) groups is 1. The molecule has 0 saturated carbocycles. The third-order valence-electron chi connectivity index (χ3n) is 3.66. The Morgan fingerprint density at radius 2 is 2.04 bits per heavy atom. The summed E-state index contributed by atoms with van der Waals surface area (Å²) in [5, 5.41) is 23.3. The van der Waals surface area contributed by atoms with Crippen LogP contribution in [0.25, 0.3) is 10.9 Å². The lowest BCUT2D eigenvalue weighted by atomic mass is 10.0. The minimum absolute atomic E-state index is 0.126. The van der Waals surface area contributed by atoms with E-state index in [1.54, 1.807) is 39.8 Å². The Bertz CT molecular complexity index is 841. The number of alkyl carbamates (subject to hydrolysis) is 1. The zero-order valence-corrected chi connectivity index (χ0v) is 15.4. The monoisotopic (exact) mass is 363 g/mol. The summed E-state index contributed by atoms with van der Waals surface area (Å²) in [5.41, 5.74) is 0.0107. The lowest BCUT2D eigenvalue weighted by Crippen LogP contribution is -2.34. The molecule has 0 spiro atoms. The van der Waals surface area contributed by atoms with E-state index in [0.29, 0.717) is 22.3 Å². The van der Waals surface area contributed by atoms with Crippen LogP contribution in [0.3, 0.4) is 0 Å². The van der Waals surface area contributed by atoms with Crippen molar-refractivity contribution in [1.82, 2.24) is 15.3 Å².